The summed E-state index contributed by atoms with van der Waals surface area (Å²) in [4.78, 5) is 23.7. The zero-order chi connectivity index (χ0) is 14.0. The molecule has 1 aromatic carbocycles. The molecule has 0 aliphatic carbocycles. The van der Waals surface area contributed by atoms with Gasteiger partial charge in [0.2, 0.25) is 0 Å². The van der Waals surface area contributed by atoms with E-state index >= 15 is 0 Å². The second kappa shape index (κ2) is 5.26. The summed E-state index contributed by atoms with van der Waals surface area (Å²) in [5.41, 5.74) is 0.936. The minimum atomic E-state index is -0.569. The Labute approximate surface area is 109 Å². The zero-order valence-corrected chi connectivity index (χ0v) is 10.7. The van der Waals surface area contributed by atoms with Crippen molar-refractivity contribution in [2.24, 2.45) is 0 Å². The molecule has 1 saturated heterocycles. The third kappa shape index (κ3) is 3.01. The molecule has 1 atom stereocenters. The first kappa shape index (κ1) is 13.3. The first-order valence-corrected chi connectivity index (χ1v) is 5.85. The average Bonchev–Trinajstić information content (AvgIpc) is 2.72. The van der Waals surface area contributed by atoms with Crippen LogP contribution < -0.4 is 4.90 Å². The van der Waals surface area contributed by atoms with Gasteiger partial charge in [-0.15, -0.1) is 0 Å². The fourth-order valence-corrected chi connectivity index (χ4v) is 1.78. The van der Waals surface area contributed by atoms with Crippen molar-refractivity contribution in [1.29, 1.82) is 0 Å². The van der Waals surface area contributed by atoms with Crippen LogP contribution in [0.2, 0.25) is 0 Å². The van der Waals surface area contributed by atoms with Gasteiger partial charge in [0, 0.05) is 6.92 Å². The van der Waals surface area contributed by atoms with E-state index in [9.17, 15) is 14.0 Å². The third-order valence-electron chi connectivity index (χ3n) is 2.81. The standard InChI is InChI=1S/C13H14FNO4/c1-8-3-4-10(5-12(8)14)15-6-11(19-13(15)17)7-18-9(2)16/h3-5,11H,6-7H2,1-2H3/t11-/m1/s1. The van der Waals surface area contributed by atoms with Crippen molar-refractivity contribution in [1.82, 2.24) is 0 Å². The molecule has 1 aromatic rings. The van der Waals surface area contributed by atoms with Crippen molar-refractivity contribution in [2.45, 2.75) is 20.0 Å². The Kier molecular flexibility index (Phi) is 3.69. The Bertz CT molecular complexity index is 517. The summed E-state index contributed by atoms with van der Waals surface area (Å²) < 4.78 is 23.3. The maximum atomic E-state index is 13.5. The van der Waals surface area contributed by atoms with Crippen molar-refractivity contribution in [3.8, 4) is 0 Å². The SMILES string of the molecule is CC(=O)OC[C@H]1CN(c2ccc(C)c(F)c2)C(=O)O1. The van der Waals surface area contributed by atoms with Gasteiger partial charge in [-0.25, -0.2) is 9.18 Å². The van der Waals surface area contributed by atoms with E-state index in [1.807, 2.05) is 0 Å². The fraction of sp³-hybridized carbons (Fsp3) is 0.385. The number of cyclic esters (lactones) is 1. The van der Waals surface area contributed by atoms with Crippen LogP contribution in [0.1, 0.15) is 12.5 Å². The zero-order valence-electron chi connectivity index (χ0n) is 10.7. The molecule has 5 nitrogen and oxygen atoms in total. The number of aryl methyl sites for hydroxylation is 1. The van der Waals surface area contributed by atoms with Crippen LogP contribution in [0.25, 0.3) is 0 Å². The van der Waals surface area contributed by atoms with E-state index in [0.29, 0.717) is 11.3 Å². The molecule has 19 heavy (non-hydrogen) atoms. The van der Waals surface area contributed by atoms with Crippen LogP contribution >= 0.6 is 0 Å². The summed E-state index contributed by atoms with van der Waals surface area (Å²) in [6, 6.07) is 4.52. The second-order valence-electron chi connectivity index (χ2n) is 4.35. The predicted octanol–water partition coefficient (Wildman–Crippen LogP) is 2.02. The molecule has 0 N–H and O–H groups in total. The maximum absolute atomic E-state index is 13.5. The van der Waals surface area contributed by atoms with Crippen LogP contribution in [0.3, 0.4) is 0 Å². The van der Waals surface area contributed by atoms with E-state index in [1.165, 1.54) is 17.9 Å². The summed E-state index contributed by atoms with van der Waals surface area (Å²) in [6.45, 7) is 3.16. The summed E-state index contributed by atoms with van der Waals surface area (Å²) >= 11 is 0. The minimum absolute atomic E-state index is 0.00587. The first-order valence-electron chi connectivity index (χ1n) is 5.85. The van der Waals surface area contributed by atoms with E-state index in [4.69, 9.17) is 9.47 Å². The summed E-state index contributed by atoms with van der Waals surface area (Å²) in [6.07, 6.45) is -1.10. The Morgan fingerprint density at radius 1 is 1.58 bits per heavy atom. The lowest BCUT2D eigenvalue weighted by Gasteiger charge is -2.13. The molecule has 1 fully saturated rings. The highest BCUT2D eigenvalue weighted by Crippen LogP contribution is 2.23. The number of nitrogens with zero attached hydrogens (tertiary/aromatic N) is 1. The Morgan fingerprint density at radius 3 is 2.95 bits per heavy atom. The first-order chi connectivity index (χ1) is 8.97. The molecular formula is C13H14FNO4. The van der Waals surface area contributed by atoms with Crippen LogP contribution in [0, 0.1) is 12.7 Å². The van der Waals surface area contributed by atoms with Crippen molar-refractivity contribution in [3.05, 3.63) is 29.6 Å². The Balaban J connectivity index is 2.07. The van der Waals surface area contributed by atoms with Crippen molar-refractivity contribution in [3.63, 3.8) is 0 Å². The number of rotatable bonds is 3. The molecule has 0 unspecified atom stereocenters. The number of halogens is 1. The summed E-state index contributed by atoms with van der Waals surface area (Å²) in [7, 11) is 0. The van der Waals surface area contributed by atoms with Gasteiger partial charge in [-0.2, -0.15) is 0 Å². The van der Waals surface area contributed by atoms with Crippen molar-refractivity contribution in [2.75, 3.05) is 18.1 Å². The summed E-state index contributed by atoms with van der Waals surface area (Å²) in [5.74, 6) is -0.815. The molecular weight excluding hydrogens is 253 g/mol. The normalized spacial score (nSPS) is 18.4. The molecule has 1 heterocycles. The predicted molar refractivity (Wildman–Crippen MR) is 65.4 cm³/mol. The van der Waals surface area contributed by atoms with Crippen molar-refractivity contribution < 1.29 is 23.5 Å². The van der Waals surface area contributed by atoms with Gasteiger partial charge in [0.1, 0.15) is 12.4 Å². The van der Waals surface area contributed by atoms with E-state index < -0.39 is 18.2 Å². The second-order valence-corrected chi connectivity index (χ2v) is 4.35. The van der Waals surface area contributed by atoms with Gasteiger partial charge >= 0.3 is 12.1 Å². The average molecular weight is 267 g/mol. The highest BCUT2D eigenvalue weighted by Gasteiger charge is 2.33. The minimum Gasteiger partial charge on any atom is -0.462 e. The number of carbonyl (C=O) groups is 2. The third-order valence-corrected chi connectivity index (χ3v) is 2.81. The van der Waals surface area contributed by atoms with E-state index in [0.717, 1.165) is 0 Å². The van der Waals surface area contributed by atoms with Crippen LogP contribution in [0.5, 0.6) is 0 Å². The number of amides is 1. The number of hydrogen-bond acceptors (Lipinski definition) is 4. The van der Waals surface area contributed by atoms with Gasteiger partial charge in [-0.1, -0.05) is 6.07 Å². The lowest BCUT2D eigenvalue weighted by atomic mass is 10.2. The maximum Gasteiger partial charge on any atom is 0.414 e. The van der Waals surface area contributed by atoms with Crippen LogP contribution in [0.4, 0.5) is 14.9 Å². The van der Waals surface area contributed by atoms with Crippen LogP contribution in [0.15, 0.2) is 18.2 Å². The molecule has 102 valence electrons. The number of carbonyl (C=O) groups excluding carboxylic acids is 2. The van der Waals surface area contributed by atoms with E-state index in [-0.39, 0.29) is 19.0 Å². The quantitative estimate of drug-likeness (QED) is 0.786. The summed E-state index contributed by atoms with van der Waals surface area (Å²) in [5, 5.41) is 0. The molecule has 1 aliphatic heterocycles. The number of benzene rings is 1. The molecule has 0 radical (unpaired) electrons. The lowest BCUT2D eigenvalue weighted by Crippen LogP contribution is -2.26. The number of anilines is 1. The van der Waals surface area contributed by atoms with Gasteiger partial charge in [-0.05, 0) is 24.6 Å². The molecule has 0 bridgehead atoms. The number of hydrogen-bond donors (Lipinski definition) is 0. The number of ether oxygens (including phenoxy) is 2. The molecule has 2 rings (SSSR count). The molecule has 6 heteroatoms. The van der Waals surface area contributed by atoms with Crippen molar-refractivity contribution >= 4 is 17.7 Å². The smallest absolute Gasteiger partial charge is 0.414 e. The van der Waals surface area contributed by atoms with Crippen LogP contribution in [-0.4, -0.2) is 31.3 Å². The largest absolute Gasteiger partial charge is 0.462 e. The van der Waals surface area contributed by atoms with Gasteiger partial charge < -0.3 is 9.47 Å². The van der Waals surface area contributed by atoms with Crippen LogP contribution in [-0.2, 0) is 14.3 Å². The topological polar surface area (TPSA) is 55.8 Å². The highest BCUT2D eigenvalue weighted by molar-refractivity contribution is 5.89. The Hall–Kier alpha value is -2.11. The Morgan fingerprint density at radius 2 is 2.32 bits per heavy atom. The monoisotopic (exact) mass is 267 g/mol. The molecule has 1 amide bonds. The fourth-order valence-electron chi connectivity index (χ4n) is 1.78. The molecule has 0 saturated carbocycles. The van der Waals surface area contributed by atoms with Gasteiger partial charge in [-0.3, -0.25) is 9.69 Å². The highest BCUT2D eigenvalue weighted by atomic mass is 19.1. The molecule has 1 aliphatic rings. The van der Waals surface area contributed by atoms with E-state index in [2.05, 4.69) is 0 Å². The lowest BCUT2D eigenvalue weighted by molar-refractivity contribution is -0.143. The number of esters is 1. The van der Waals surface area contributed by atoms with E-state index in [1.54, 1.807) is 19.1 Å². The molecule has 0 spiro atoms. The van der Waals surface area contributed by atoms with Gasteiger partial charge in [0.25, 0.3) is 0 Å². The molecule has 0 aromatic heterocycles. The van der Waals surface area contributed by atoms with Gasteiger partial charge in [0.05, 0.1) is 12.2 Å². The van der Waals surface area contributed by atoms with Gasteiger partial charge in [0.15, 0.2) is 6.10 Å².